The van der Waals surface area contributed by atoms with E-state index < -0.39 is 87.6 Å². The number of benzene rings is 2. The fourth-order valence-electron chi connectivity index (χ4n) is 11.5. The third-order valence-corrected chi connectivity index (χ3v) is 22.1. The van der Waals surface area contributed by atoms with Crippen LogP contribution in [0, 0.1) is 17.3 Å². The van der Waals surface area contributed by atoms with Crippen LogP contribution in [-0.2, 0) is 19.6 Å². The first-order valence-electron chi connectivity index (χ1n) is 26.4. The number of nitrogens with zero attached hydrogens (tertiary/aromatic N) is 7. The van der Waals surface area contributed by atoms with Gasteiger partial charge in [0.2, 0.25) is 5.88 Å². The van der Waals surface area contributed by atoms with Crippen molar-refractivity contribution in [1.29, 1.82) is 0 Å². The van der Waals surface area contributed by atoms with Crippen molar-refractivity contribution < 1.29 is 63.1 Å². The number of amides is 2. The van der Waals surface area contributed by atoms with Crippen LogP contribution in [0.15, 0.2) is 48.7 Å². The first-order chi connectivity index (χ1) is 36.8. The summed E-state index contributed by atoms with van der Waals surface area (Å²) in [4.78, 5) is 51.3. The molecule has 6 heterocycles. The second kappa shape index (κ2) is 21.6. The maximum absolute atomic E-state index is 18.4. The van der Waals surface area contributed by atoms with Crippen molar-refractivity contribution in [3.8, 4) is 40.4 Å². The first-order valence-corrected chi connectivity index (χ1v) is 30.1. The summed E-state index contributed by atoms with van der Waals surface area (Å²) in [5.74, 6) is 1.12. The number of carbonyl (C=O) groups is 2. The minimum Gasteiger partial charge on any atom is -0.475 e. The van der Waals surface area contributed by atoms with Crippen LogP contribution in [0.25, 0.3) is 32.9 Å². The maximum atomic E-state index is 18.4. The van der Waals surface area contributed by atoms with E-state index in [1.165, 1.54) is 12.3 Å². The van der Waals surface area contributed by atoms with Gasteiger partial charge in [0.25, 0.3) is 0 Å². The summed E-state index contributed by atoms with van der Waals surface area (Å²) in [7, 11) is -8.69. The highest BCUT2D eigenvalue weighted by Crippen LogP contribution is 2.47. The molecule has 3 aromatic heterocycles. The van der Waals surface area contributed by atoms with Crippen LogP contribution in [-0.4, -0.2) is 115 Å². The van der Waals surface area contributed by atoms with Gasteiger partial charge in [0.15, 0.2) is 11.6 Å². The van der Waals surface area contributed by atoms with E-state index >= 15 is 8.78 Å². The topological polar surface area (TPSA) is 176 Å². The Bertz CT molecular complexity index is 3310. The molecule has 0 bridgehead atoms. The lowest BCUT2D eigenvalue weighted by Gasteiger charge is -2.38. The van der Waals surface area contributed by atoms with Gasteiger partial charge in [-0.15, -0.1) is 5.54 Å². The number of pyridine rings is 2. The van der Waals surface area contributed by atoms with Gasteiger partial charge in [0.1, 0.15) is 66.8 Å². The van der Waals surface area contributed by atoms with E-state index in [2.05, 4.69) is 63.0 Å². The third kappa shape index (κ3) is 11.6. The Hall–Kier alpha value is -6.38. The van der Waals surface area contributed by atoms with E-state index in [4.69, 9.17) is 33.1 Å². The number of fused-ring (bicyclic) bond motifs is 2. The number of carbonyl (C=O) groups excluding carboxylic acids is 2. The molecule has 3 aliphatic rings. The fourth-order valence-corrected chi connectivity index (χ4v) is 17.2. The minimum atomic E-state index is -6.24. The van der Waals surface area contributed by atoms with Crippen molar-refractivity contribution in [1.82, 2.24) is 24.8 Å². The summed E-state index contributed by atoms with van der Waals surface area (Å²) in [6.45, 7) is 25.0. The number of hydrogen-bond donors (Lipinski definition) is 0. The lowest BCUT2D eigenvalue weighted by Crippen LogP contribution is -2.45. The van der Waals surface area contributed by atoms with Crippen LogP contribution in [0.4, 0.5) is 43.2 Å². The molecule has 2 saturated heterocycles. The highest BCUT2D eigenvalue weighted by molar-refractivity contribution is 7.88. The van der Waals surface area contributed by atoms with E-state index in [-0.39, 0.29) is 100 Å². The highest BCUT2D eigenvalue weighted by Gasteiger charge is 2.51. The van der Waals surface area contributed by atoms with Crippen LogP contribution in [0.3, 0.4) is 0 Å². The fraction of sp³-hybridized carbons (Fsp3) is 0.536. The van der Waals surface area contributed by atoms with Gasteiger partial charge in [-0.3, -0.25) is 4.90 Å². The molecule has 8 rings (SSSR count). The zero-order chi connectivity index (χ0) is 57.9. The molecule has 2 amide bonds. The number of anilines is 2. The zero-order valence-electron chi connectivity index (χ0n) is 46.8. The zero-order valence-corrected chi connectivity index (χ0v) is 48.6. The molecule has 0 saturated carbocycles. The molecule has 5 aromatic rings. The molecule has 0 unspecified atom stereocenters. The second-order valence-electron chi connectivity index (χ2n) is 23.4. The predicted molar refractivity (Wildman–Crippen MR) is 293 cm³/mol. The smallest absolute Gasteiger partial charge is 0.475 e. The highest BCUT2D eigenvalue weighted by atomic mass is 32.2. The SMILES string of the molecule is CC(C)[Si](C#Cc1cccc2cc(OS(=O)(=O)C(F)(F)F)cc(-c3nc4c5c(nc(OC[C@@]67CCCN6C[C@H](F)C7)nc5c3F)N([C@H](C)c3cccnc3N(C(=O)OC(C)(C)C)C(=O)OC(C)(C)C)CCO4)c12)(C(C)C)C(C)C. The Balaban J connectivity index is 1.38. The summed E-state index contributed by atoms with van der Waals surface area (Å²) in [6, 6.07) is 8.91. The average molecular weight is 1140 g/mol. The normalized spacial score (nSPS) is 18.5. The van der Waals surface area contributed by atoms with Crippen molar-refractivity contribution in [2.45, 2.75) is 160 Å². The molecule has 16 nitrogen and oxygen atoms in total. The Labute approximate surface area is 458 Å². The summed E-state index contributed by atoms with van der Waals surface area (Å²) in [5, 5.41) is 0.317. The van der Waals surface area contributed by atoms with Gasteiger partial charge in [0, 0.05) is 41.2 Å². The predicted octanol–water partition coefficient (Wildman–Crippen LogP) is 12.8. The van der Waals surface area contributed by atoms with Gasteiger partial charge in [-0.05, 0) is 114 Å². The molecule has 3 atom stereocenters. The summed E-state index contributed by atoms with van der Waals surface area (Å²) < 4.78 is 130. The summed E-state index contributed by atoms with van der Waals surface area (Å²) in [5.41, 5.74) is -4.84. The quantitative estimate of drug-likeness (QED) is 0.0379. The van der Waals surface area contributed by atoms with Gasteiger partial charge < -0.3 is 28.0 Å². The molecular formula is C56H68F5N7O9SSi. The number of halogens is 5. The van der Waals surface area contributed by atoms with Gasteiger partial charge >= 0.3 is 33.8 Å². The minimum absolute atomic E-state index is 0.0109. The molecule has 2 aromatic carbocycles. The Morgan fingerprint density at radius 2 is 1.56 bits per heavy atom. The number of imide groups is 1. The Morgan fingerprint density at radius 3 is 2.18 bits per heavy atom. The van der Waals surface area contributed by atoms with Crippen molar-refractivity contribution in [3.63, 3.8) is 0 Å². The van der Waals surface area contributed by atoms with Crippen molar-refractivity contribution in [2.75, 3.05) is 42.6 Å². The van der Waals surface area contributed by atoms with Crippen molar-refractivity contribution >= 4 is 63.7 Å². The van der Waals surface area contributed by atoms with Gasteiger partial charge in [0.05, 0.1) is 18.1 Å². The van der Waals surface area contributed by atoms with Crippen LogP contribution in [0.1, 0.15) is 126 Å². The molecule has 0 radical (unpaired) electrons. The molecule has 2 fully saturated rings. The molecule has 0 spiro atoms. The largest absolute Gasteiger partial charge is 0.534 e. The maximum Gasteiger partial charge on any atom is 0.534 e. The average Bonchev–Trinajstić information content (AvgIpc) is 4.06. The van der Waals surface area contributed by atoms with E-state index in [0.29, 0.717) is 23.4 Å². The van der Waals surface area contributed by atoms with Crippen LogP contribution in [0.2, 0.25) is 16.6 Å². The molecule has 0 N–H and O–H groups in total. The van der Waals surface area contributed by atoms with Crippen molar-refractivity contribution in [2.24, 2.45) is 0 Å². The molecule has 23 heteroatoms. The summed E-state index contributed by atoms with van der Waals surface area (Å²) >= 11 is 0. The number of rotatable bonds is 12. The molecule has 426 valence electrons. The van der Waals surface area contributed by atoms with E-state index in [9.17, 15) is 31.2 Å². The number of hydrogen-bond acceptors (Lipinski definition) is 15. The van der Waals surface area contributed by atoms with Crippen molar-refractivity contribution in [3.05, 3.63) is 65.6 Å². The number of ether oxygens (including phenoxy) is 4. The lowest BCUT2D eigenvalue weighted by molar-refractivity contribution is -0.0500. The Kier molecular flexibility index (Phi) is 16.1. The van der Waals surface area contributed by atoms with E-state index in [1.54, 1.807) is 77.6 Å². The first kappa shape index (κ1) is 58.8. The standard InChI is InChI=1S/C56H68F5N7O9SSi/c1-32(2)79(33(3)4,34(5)6)26-20-36-17-14-18-37-27-39(77-78(71,72)56(59,60)61)28-41(42(36)37)45-44(58)46-43-48(65-50(64-46)74-31-55-21-16-23-66(55)30-38(57)29-55)67(24-25-73-49(43)63-45)35(7)40-19-15-22-62-47(40)68(51(69)75-53(8,9)10)52(70)76-54(11,12)13/h14-15,17-19,22,27-28,32-35,38H,16,21,23-25,29-31H2,1-13H3/t35-,38-,55+/m1/s1. The number of alkyl halides is 4. The molecular weight excluding hydrogens is 1070 g/mol. The van der Waals surface area contributed by atoms with Gasteiger partial charge in [-0.2, -0.15) is 36.5 Å². The van der Waals surface area contributed by atoms with Crippen LogP contribution >= 0.6 is 0 Å². The lowest BCUT2D eigenvalue weighted by atomic mass is 9.95. The number of aromatic nitrogens is 4. The second-order valence-corrected chi connectivity index (χ2v) is 30.5. The van der Waals surface area contributed by atoms with Gasteiger partial charge in [-0.25, -0.2) is 28.3 Å². The van der Waals surface area contributed by atoms with E-state index in [1.807, 2.05) is 4.90 Å². The molecule has 0 aliphatic carbocycles. The Morgan fingerprint density at radius 1 is 0.899 bits per heavy atom. The molecule has 3 aliphatic heterocycles. The van der Waals surface area contributed by atoms with Gasteiger partial charge in [-0.1, -0.05) is 65.7 Å². The van der Waals surface area contributed by atoms with Crippen LogP contribution in [0.5, 0.6) is 17.6 Å². The molecule has 79 heavy (non-hydrogen) atoms. The van der Waals surface area contributed by atoms with E-state index in [0.717, 1.165) is 18.6 Å². The monoisotopic (exact) mass is 1140 g/mol. The summed E-state index contributed by atoms with van der Waals surface area (Å²) in [6.07, 6.45) is -0.294. The van der Waals surface area contributed by atoms with Crippen LogP contribution < -0.4 is 23.5 Å². The third-order valence-electron chi connectivity index (χ3n) is 14.9.